The minimum absolute atomic E-state index is 0.0742. The number of anilines is 1. The highest BCUT2D eigenvalue weighted by Crippen LogP contribution is 2.15. The molecule has 0 bridgehead atoms. The number of hydrogen-bond donors (Lipinski definition) is 1. The molecule has 2 aromatic rings. The Kier molecular flexibility index (Phi) is 4.06. The quantitative estimate of drug-likeness (QED) is 0.833. The van der Waals surface area contributed by atoms with Gasteiger partial charge in [-0.1, -0.05) is 0 Å². The van der Waals surface area contributed by atoms with Gasteiger partial charge in [-0.2, -0.15) is 0 Å². The van der Waals surface area contributed by atoms with Gasteiger partial charge >= 0.3 is 0 Å². The smallest absolute Gasteiger partial charge is 0.272 e. The zero-order valence-electron chi connectivity index (χ0n) is 10.4. The number of aromatic nitrogens is 1. The molecule has 1 amide bonds. The van der Waals surface area contributed by atoms with Crippen molar-refractivity contribution >= 4 is 34.2 Å². The standard InChI is InChI=1S/C14H15IN2O/c1-10(2)17-9-3-4-13(17)14(18)16-12-7-5-11(15)6-8-12/h3-10H,1-2H3,(H,16,18). The van der Waals surface area contributed by atoms with Gasteiger partial charge in [-0.3, -0.25) is 4.79 Å². The van der Waals surface area contributed by atoms with Crippen LogP contribution in [0.4, 0.5) is 5.69 Å². The monoisotopic (exact) mass is 354 g/mol. The lowest BCUT2D eigenvalue weighted by Crippen LogP contribution is -2.17. The van der Waals surface area contributed by atoms with Crippen molar-refractivity contribution in [2.24, 2.45) is 0 Å². The molecular weight excluding hydrogens is 339 g/mol. The zero-order valence-corrected chi connectivity index (χ0v) is 12.5. The summed E-state index contributed by atoms with van der Waals surface area (Å²) in [5.74, 6) is -0.0742. The van der Waals surface area contributed by atoms with E-state index in [0.717, 1.165) is 9.26 Å². The van der Waals surface area contributed by atoms with E-state index in [2.05, 4.69) is 41.8 Å². The van der Waals surface area contributed by atoms with Crippen molar-refractivity contribution in [3.05, 3.63) is 51.9 Å². The summed E-state index contributed by atoms with van der Waals surface area (Å²) in [6.07, 6.45) is 1.92. The van der Waals surface area contributed by atoms with Crippen molar-refractivity contribution in [3.8, 4) is 0 Å². The van der Waals surface area contributed by atoms with Crippen LogP contribution in [0.1, 0.15) is 30.4 Å². The Balaban J connectivity index is 2.17. The van der Waals surface area contributed by atoms with Crippen LogP contribution in [-0.4, -0.2) is 10.5 Å². The Bertz CT molecular complexity index is 543. The van der Waals surface area contributed by atoms with Crippen LogP contribution in [-0.2, 0) is 0 Å². The fourth-order valence-corrected chi connectivity index (χ4v) is 2.12. The third-order valence-corrected chi connectivity index (χ3v) is 3.39. The number of nitrogens with zero attached hydrogens (tertiary/aromatic N) is 1. The van der Waals surface area contributed by atoms with Crippen molar-refractivity contribution in [2.45, 2.75) is 19.9 Å². The number of carbonyl (C=O) groups is 1. The molecule has 0 atom stereocenters. The van der Waals surface area contributed by atoms with Crippen molar-refractivity contribution < 1.29 is 4.79 Å². The van der Waals surface area contributed by atoms with Crippen LogP contribution in [0, 0.1) is 3.57 Å². The molecule has 94 valence electrons. The van der Waals surface area contributed by atoms with E-state index >= 15 is 0 Å². The number of amides is 1. The van der Waals surface area contributed by atoms with Gasteiger partial charge < -0.3 is 9.88 Å². The van der Waals surface area contributed by atoms with E-state index in [0.29, 0.717) is 5.69 Å². The first kappa shape index (κ1) is 13.1. The lowest BCUT2D eigenvalue weighted by atomic mass is 10.3. The summed E-state index contributed by atoms with van der Waals surface area (Å²) < 4.78 is 3.11. The Labute approximate surface area is 120 Å². The largest absolute Gasteiger partial charge is 0.341 e. The summed E-state index contributed by atoms with van der Waals surface area (Å²) in [6.45, 7) is 4.11. The van der Waals surface area contributed by atoms with Crippen LogP contribution >= 0.6 is 22.6 Å². The van der Waals surface area contributed by atoms with Crippen molar-refractivity contribution in [1.82, 2.24) is 4.57 Å². The number of carbonyl (C=O) groups excluding carboxylic acids is 1. The summed E-state index contributed by atoms with van der Waals surface area (Å²) in [6, 6.07) is 11.8. The van der Waals surface area contributed by atoms with Gasteiger partial charge in [-0.15, -0.1) is 0 Å². The van der Waals surface area contributed by atoms with E-state index in [9.17, 15) is 4.79 Å². The summed E-state index contributed by atoms with van der Waals surface area (Å²) >= 11 is 2.24. The molecule has 0 radical (unpaired) electrons. The van der Waals surface area contributed by atoms with E-state index < -0.39 is 0 Å². The lowest BCUT2D eigenvalue weighted by Gasteiger charge is -2.12. The fraction of sp³-hybridized carbons (Fsp3) is 0.214. The molecular formula is C14H15IN2O. The molecule has 0 spiro atoms. The molecule has 0 aliphatic heterocycles. The fourth-order valence-electron chi connectivity index (χ4n) is 1.76. The van der Waals surface area contributed by atoms with Crippen LogP contribution in [0.25, 0.3) is 0 Å². The van der Waals surface area contributed by atoms with Gasteiger partial charge in [0.25, 0.3) is 5.91 Å². The molecule has 1 N–H and O–H groups in total. The Hall–Kier alpha value is -1.30. The van der Waals surface area contributed by atoms with Gasteiger partial charge in [-0.25, -0.2) is 0 Å². The molecule has 0 unspecified atom stereocenters. The molecule has 0 aliphatic rings. The predicted molar refractivity (Wildman–Crippen MR) is 81.9 cm³/mol. The molecule has 0 aliphatic carbocycles. The number of rotatable bonds is 3. The van der Waals surface area contributed by atoms with E-state index in [-0.39, 0.29) is 11.9 Å². The molecule has 4 heteroatoms. The van der Waals surface area contributed by atoms with Crippen molar-refractivity contribution in [3.63, 3.8) is 0 Å². The topological polar surface area (TPSA) is 34.0 Å². The van der Waals surface area contributed by atoms with E-state index in [4.69, 9.17) is 0 Å². The molecule has 0 saturated heterocycles. The normalized spacial score (nSPS) is 10.7. The summed E-state index contributed by atoms with van der Waals surface area (Å²) in [7, 11) is 0. The Morgan fingerprint density at radius 3 is 2.50 bits per heavy atom. The molecule has 3 nitrogen and oxygen atoms in total. The highest BCUT2D eigenvalue weighted by molar-refractivity contribution is 14.1. The molecule has 1 heterocycles. The van der Waals surface area contributed by atoms with Gasteiger partial charge in [0.2, 0.25) is 0 Å². The highest BCUT2D eigenvalue weighted by atomic mass is 127. The average molecular weight is 354 g/mol. The summed E-state index contributed by atoms with van der Waals surface area (Å²) in [4.78, 5) is 12.2. The minimum atomic E-state index is -0.0742. The van der Waals surface area contributed by atoms with Crippen LogP contribution in [0.3, 0.4) is 0 Å². The maximum atomic E-state index is 12.2. The SMILES string of the molecule is CC(C)n1cccc1C(=O)Nc1ccc(I)cc1. The van der Waals surface area contributed by atoms with E-state index in [1.807, 2.05) is 47.2 Å². The van der Waals surface area contributed by atoms with Crippen LogP contribution in [0.5, 0.6) is 0 Å². The van der Waals surface area contributed by atoms with Gasteiger partial charge in [-0.05, 0) is 72.8 Å². The number of benzene rings is 1. The summed E-state index contributed by atoms with van der Waals surface area (Å²) in [5.41, 5.74) is 1.50. The third kappa shape index (κ3) is 2.93. The van der Waals surface area contributed by atoms with Gasteiger partial charge in [0.05, 0.1) is 0 Å². The van der Waals surface area contributed by atoms with Gasteiger partial charge in [0, 0.05) is 21.5 Å². The zero-order chi connectivity index (χ0) is 13.1. The maximum Gasteiger partial charge on any atom is 0.272 e. The highest BCUT2D eigenvalue weighted by Gasteiger charge is 2.12. The second-order valence-corrected chi connectivity index (χ2v) is 5.60. The molecule has 2 rings (SSSR count). The first-order valence-corrected chi connectivity index (χ1v) is 6.89. The molecule has 1 aromatic carbocycles. The number of halogens is 1. The molecule has 1 aromatic heterocycles. The Morgan fingerprint density at radius 1 is 1.22 bits per heavy atom. The van der Waals surface area contributed by atoms with Crippen LogP contribution in [0.15, 0.2) is 42.6 Å². The van der Waals surface area contributed by atoms with E-state index in [1.165, 1.54) is 0 Å². The van der Waals surface area contributed by atoms with Crippen molar-refractivity contribution in [2.75, 3.05) is 5.32 Å². The van der Waals surface area contributed by atoms with Gasteiger partial charge in [0.1, 0.15) is 5.69 Å². The molecule has 0 saturated carbocycles. The predicted octanol–water partition coefficient (Wildman–Crippen LogP) is 3.93. The first-order chi connectivity index (χ1) is 8.58. The van der Waals surface area contributed by atoms with Gasteiger partial charge in [0.15, 0.2) is 0 Å². The number of nitrogens with one attached hydrogen (secondary N) is 1. The molecule has 0 fully saturated rings. The van der Waals surface area contributed by atoms with Crippen LogP contribution in [0.2, 0.25) is 0 Å². The first-order valence-electron chi connectivity index (χ1n) is 5.81. The Morgan fingerprint density at radius 2 is 1.89 bits per heavy atom. The van der Waals surface area contributed by atoms with Crippen LogP contribution < -0.4 is 5.32 Å². The summed E-state index contributed by atoms with van der Waals surface area (Å²) in [5, 5.41) is 2.90. The van der Waals surface area contributed by atoms with E-state index in [1.54, 1.807) is 0 Å². The second-order valence-electron chi connectivity index (χ2n) is 4.36. The number of hydrogen-bond acceptors (Lipinski definition) is 1. The second kappa shape index (κ2) is 5.56. The minimum Gasteiger partial charge on any atom is -0.341 e. The molecule has 18 heavy (non-hydrogen) atoms. The average Bonchev–Trinajstić information content (AvgIpc) is 2.81. The maximum absolute atomic E-state index is 12.2. The third-order valence-electron chi connectivity index (χ3n) is 2.67. The lowest BCUT2D eigenvalue weighted by molar-refractivity contribution is 0.101. The van der Waals surface area contributed by atoms with Crippen molar-refractivity contribution in [1.29, 1.82) is 0 Å².